The Bertz CT molecular complexity index is 335. The average molecular weight is 254 g/mol. The zero-order valence-corrected chi connectivity index (χ0v) is 12.4. The van der Waals surface area contributed by atoms with Crippen LogP contribution in [0.4, 0.5) is 4.79 Å². The molecule has 3 heteroatoms. The highest BCUT2D eigenvalue weighted by Gasteiger charge is 2.54. The van der Waals surface area contributed by atoms with Gasteiger partial charge in [0.15, 0.2) is 0 Å². The SMILES string of the molecule is CC(C)(C)C1CCC2OC(=O)OC2C1C(C)(C)C. The molecule has 0 radical (unpaired) electrons. The minimum atomic E-state index is -0.478. The summed E-state index contributed by atoms with van der Waals surface area (Å²) in [6.45, 7) is 13.6. The minimum Gasteiger partial charge on any atom is -0.427 e. The molecule has 2 fully saturated rings. The molecule has 0 amide bonds. The maximum absolute atomic E-state index is 11.4. The lowest BCUT2D eigenvalue weighted by Gasteiger charge is -2.49. The second kappa shape index (κ2) is 4.14. The molecule has 3 nitrogen and oxygen atoms in total. The number of ether oxygens (including phenoxy) is 2. The molecule has 0 bridgehead atoms. The average Bonchev–Trinajstić information content (AvgIpc) is 2.52. The van der Waals surface area contributed by atoms with Crippen molar-refractivity contribution in [1.29, 1.82) is 0 Å². The Balaban J connectivity index is 2.32. The molecule has 104 valence electrons. The van der Waals surface area contributed by atoms with Gasteiger partial charge in [0.2, 0.25) is 0 Å². The van der Waals surface area contributed by atoms with Gasteiger partial charge in [-0.15, -0.1) is 0 Å². The molecule has 0 aromatic rings. The molecule has 4 atom stereocenters. The molecule has 2 rings (SSSR count). The van der Waals surface area contributed by atoms with Crippen molar-refractivity contribution in [3.63, 3.8) is 0 Å². The summed E-state index contributed by atoms with van der Waals surface area (Å²) in [6, 6.07) is 0. The van der Waals surface area contributed by atoms with Gasteiger partial charge in [-0.2, -0.15) is 0 Å². The normalized spacial score (nSPS) is 36.9. The van der Waals surface area contributed by atoms with Crippen molar-refractivity contribution < 1.29 is 14.3 Å². The first-order chi connectivity index (χ1) is 8.10. The number of rotatable bonds is 0. The van der Waals surface area contributed by atoms with E-state index in [1.807, 2.05) is 0 Å². The van der Waals surface area contributed by atoms with E-state index in [1.165, 1.54) is 0 Å². The van der Waals surface area contributed by atoms with E-state index in [-0.39, 0.29) is 23.0 Å². The first kappa shape index (κ1) is 13.7. The molecule has 4 unspecified atom stereocenters. The van der Waals surface area contributed by atoms with Gasteiger partial charge < -0.3 is 9.47 Å². The van der Waals surface area contributed by atoms with E-state index < -0.39 is 6.16 Å². The number of carbonyl (C=O) groups excluding carboxylic acids is 1. The monoisotopic (exact) mass is 254 g/mol. The fraction of sp³-hybridized carbons (Fsp3) is 0.933. The fourth-order valence-electron chi connectivity index (χ4n) is 3.75. The first-order valence-corrected chi connectivity index (χ1v) is 6.98. The van der Waals surface area contributed by atoms with Crippen molar-refractivity contribution in [2.75, 3.05) is 0 Å². The maximum Gasteiger partial charge on any atom is 0.509 e. The molecule has 18 heavy (non-hydrogen) atoms. The molecule has 0 N–H and O–H groups in total. The van der Waals surface area contributed by atoms with Gasteiger partial charge in [0.25, 0.3) is 0 Å². The van der Waals surface area contributed by atoms with E-state index in [0.29, 0.717) is 11.8 Å². The summed E-state index contributed by atoms with van der Waals surface area (Å²) in [4.78, 5) is 11.4. The topological polar surface area (TPSA) is 35.5 Å². The van der Waals surface area contributed by atoms with Crippen LogP contribution >= 0.6 is 0 Å². The molecule has 1 aliphatic carbocycles. The standard InChI is InChI=1S/C15H26O3/c1-14(2,3)9-7-8-10-12(18-13(16)17-10)11(9)15(4,5)6/h9-12H,7-8H2,1-6H3. The Morgan fingerprint density at radius 1 is 0.944 bits per heavy atom. The van der Waals surface area contributed by atoms with E-state index in [2.05, 4.69) is 41.5 Å². The molecule has 1 saturated carbocycles. The van der Waals surface area contributed by atoms with Crippen molar-refractivity contribution in [3.8, 4) is 0 Å². The highest BCUT2D eigenvalue weighted by molar-refractivity contribution is 5.62. The van der Waals surface area contributed by atoms with Crippen LogP contribution < -0.4 is 0 Å². The molecule has 1 saturated heterocycles. The fourth-order valence-corrected chi connectivity index (χ4v) is 3.75. The van der Waals surface area contributed by atoms with Crippen molar-refractivity contribution in [1.82, 2.24) is 0 Å². The van der Waals surface area contributed by atoms with Crippen LogP contribution in [0, 0.1) is 22.7 Å². The third-order valence-corrected chi connectivity index (χ3v) is 4.51. The zero-order valence-electron chi connectivity index (χ0n) is 12.4. The van der Waals surface area contributed by atoms with Crippen molar-refractivity contribution in [2.45, 2.75) is 66.6 Å². The Hall–Kier alpha value is -0.730. The van der Waals surface area contributed by atoms with E-state index in [0.717, 1.165) is 12.8 Å². The Morgan fingerprint density at radius 2 is 1.56 bits per heavy atom. The summed E-state index contributed by atoms with van der Waals surface area (Å²) < 4.78 is 10.8. The lowest BCUT2D eigenvalue weighted by Crippen LogP contribution is -2.50. The lowest BCUT2D eigenvalue weighted by atomic mass is 9.57. The van der Waals surface area contributed by atoms with Crippen molar-refractivity contribution in [2.24, 2.45) is 22.7 Å². The van der Waals surface area contributed by atoms with Crippen LogP contribution in [0.3, 0.4) is 0 Å². The molecule has 0 aromatic heterocycles. The van der Waals surface area contributed by atoms with Gasteiger partial charge in [0.05, 0.1) is 0 Å². The van der Waals surface area contributed by atoms with Crippen molar-refractivity contribution in [3.05, 3.63) is 0 Å². The van der Waals surface area contributed by atoms with Gasteiger partial charge in [-0.25, -0.2) is 4.79 Å². The van der Waals surface area contributed by atoms with Crippen LogP contribution in [-0.2, 0) is 9.47 Å². The Kier molecular flexibility index (Phi) is 3.15. The summed E-state index contributed by atoms with van der Waals surface area (Å²) in [5.41, 5.74) is 0.354. The zero-order chi connectivity index (χ0) is 13.7. The van der Waals surface area contributed by atoms with Gasteiger partial charge in [-0.3, -0.25) is 0 Å². The quantitative estimate of drug-likeness (QED) is 0.613. The molecule has 1 aliphatic heterocycles. The lowest BCUT2D eigenvalue weighted by molar-refractivity contribution is -0.0692. The summed E-state index contributed by atoms with van der Waals surface area (Å²) in [7, 11) is 0. The van der Waals surface area contributed by atoms with Crippen LogP contribution in [-0.4, -0.2) is 18.4 Å². The minimum absolute atomic E-state index is 0.0275. The Labute approximate surface area is 110 Å². The highest BCUT2D eigenvalue weighted by atomic mass is 16.8. The van der Waals surface area contributed by atoms with Crippen molar-refractivity contribution >= 4 is 6.16 Å². The van der Waals surface area contributed by atoms with E-state index in [9.17, 15) is 4.79 Å². The van der Waals surface area contributed by atoms with Gasteiger partial charge in [0, 0.05) is 5.92 Å². The Morgan fingerprint density at radius 3 is 2.06 bits per heavy atom. The third kappa shape index (κ3) is 2.36. The number of carbonyl (C=O) groups is 1. The van der Waals surface area contributed by atoms with E-state index in [4.69, 9.17) is 9.47 Å². The van der Waals surface area contributed by atoms with Gasteiger partial charge in [0.1, 0.15) is 12.2 Å². The molecular formula is C15H26O3. The van der Waals surface area contributed by atoms with E-state index in [1.54, 1.807) is 0 Å². The third-order valence-electron chi connectivity index (χ3n) is 4.51. The predicted molar refractivity (Wildman–Crippen MR) is 70.3 cm³/mol. The molecule has 0 spiro atoms. The largest absolute Gasteiger partial charge is 0.509 e. The summed E-state index contributed by atoms with van der Waals surface area (Å²) in [5.74, 6) is 0.927. The van der Waals surface area contributed by atoms with Crippen LogP contribution in [0.15, 0.2) is 0 Å². The number of fused-ring (bicyclic) bond motifs is 1. The second-order valence-corrected chi connectivity index (χ2v) is 7.93. The molecular weight excluding hydrogens is 228 g/mol. The smallest absolute Gasteiger partial charge is 0.427 e. The van der Waals surface area contributed by atoms with Gasteiger partial charge in [-0.1, -0.05) is 41.5 Å². The number of hydrogen-bond donors (Lipinski definition) is 0. The van der Waals surface area contributed by atoms with Crippen LogP contribution in [0.25, 0.3) is 0 Å². The molecule has 1 heterocycles. The molecule has 2 aliphatic rings. The summed E-state index contributed by atoms with van der Waals surface area (Å²) >= 11 is 0. The van der Waals surface area contributed by atoms with Gasteiger partial charge in [-0.05, 0) is 29.6 Å². The first-order valence-electron chi connectivity index (χ1n) is 6.98. The van der Waals surface area contributed by atoms with Crippen LogP contribution in [0.2, 0.25) is 0 Å². The van der Waals surface area contributed by atoms with Crippen LogP contribution in [0.5, 0.6) is 0 Å². The molecule has 0 aromatic carbocycles. The van der Waals surface area contributed by atoms with E-state index >= 15 is 0 Å². The maximum atomic E-state index is 11.4. The predicted octanol–water partition coefficient (Wildman–Crippen LogP) is 4.01. The summed E-state index contributed by atoms with van der Waals surface area (Å²) in [5, 5.41) is 0. The summed E-state index contributed by atoms with van der Waals surface area (Å²) in [6.07, 6.45) is 1.48. The number of hydrogen-bond acceptors (Lipinski definition) is 3. The van der Waals surface area contributed by atoms with Crippen LogP contribution in [0.1, 0.15) is 54.4 Å². The highest BCUT2D eigenvalue weighted by Crippen LogP contribution is 2.51. The van der Waals surface area contributed by atoms with Gasteiger partial charge >= 0.3 is 6.16 Å². The second-order valence-electron chi connectivity index (χ2n) is 7.93.